The van der Waals surface area contributed by atoms with Crippen molar-refractivity contribution in [1.29, 1.82) is 0 Å². The smallest absolute Gasteiger partial charge is 0.267 e. The van der Waals surface area contributed by atoms with E-state index in [4.69, 9.17) is 23.2 Å². The maximum Gasteiger partial charge on any atom is 0.270 e. The van der Waals surface area contributed by atoms with E-state index < -0.39 is 0 Å². The van der Waals surface area contributed by atoms with Gasteiger partial charge in [0.05, 0.1) is 10.4 Å². The summed E-state index contributed by atoms with van der Waals surface area (Å²) in [6.07, 6.45) is 1.40. The molecular formula is C8H3Cl2NO. The molecule has 4 heteroatoms. The van der Waals surface area contributed by atoms with Gasteiger partial charge >= 0.3 is 0 Å². The number of fused-ring (bicyclic) bond motifs is 1. The fraction of sp³-hybridized carbons (Fsp3) is 0. The largest absolute Gasteiger partial charge is 0.270 e. The third-order valence-electron chi connectivity index (χ3n) is 1.57. The van der Waals surface area contributed by atoms with Gasteiger partial charge in [0.2, 0.25) is 0 Å². The topological polar surface area (TPSA) is 29.4 Å². The van der Waals surface area contributed by atoms with Crippen LogP contribution in [0.4, 0.5) is 0 Å². The maximum absolute atomic E-state index is 10.8. The Morgan fingerprint density at radius 3 is 2.75 bits per heavy atom. The zero-order chi connectivity index (χ0) is 8.72. The van der Waals surface area contributed by atoms with E-state index in [1.54, 1.807) is 12.1 Å². The molecule has 0 aromatic heterocycles. The van der Waals surface area contributed by atoms with Gasteiger partial charge in [-0.25, -0.2) is 4.99 Å². The van der Waals surface area contributed by atoms with Crippen LogP contribution < -0.4 is 10.6 Å². The number of hydrogen-bond donors (Lipinski definition) is 0. The highest BCUT2D eigenvalue weighted by atomic mass is 35.5. The number of amides is 1. The summed E-state index contributed by atoms with van der Waals surface area (Å²) in [4.78, 5) is 14.5. The molecule has 1 aromatic rings. The summed E-state index contributed by atoms with van der Waals surface area (Å²) in [6.45, 7) is 0. The molecule has 0 saturated carbocycles. The molecule has 1 aliphatic heterocycles. The molecule has 0 bridgehead atoms. The molecule has 0 radical (unpaired) electrons. The molecule has 0 spiro atoms. The minimum atomic E-state index is -0.283. The first-order valence-corrected chi connectivity index (χ1v) is 4.02. The number of carbonyl (C=O) groups is 1. The van der Waals surface area contributed by atoms with Gasteiger partial charge in [-0.05, 0) is 12.1 Å². The lowest BCUT2D eigenvalue weighted by molar-refractivity contribution is -0.112. The van der Waals surface area contributed by atoms with Crippen molar-refractivity contribution in [2.75, 3.05) is 0 Å². The normalized spacial score (nSPS) is 13.7. The number of nitrogens with zero attached hydrogens (tertiary/aromatic N) is 1. The molecule has 0 unspecified atom stereocenters. The summed E-state index contributed by atoms with van der Waals surface area (Å²) >= 11 is 11.5. The molecule has 1 aliphatic rings. The molecule has 2 rings (SSSR count). The Morgan fingerprint density at radius 1 is 1.25 bits per heavy atom. The van der Waals surface area contributed by atoms with Gasteiger partial charge in [0.25, 0.3) is 5.91 Å². The van der Waals surface area contributed by atoms with Crippen molar-refractivity contribution in [2.45, 2.75) is 0 Å². The van der Waals surface area contributed by atoms with Crippen LogP contribution in [-0.4, -0.2) is 5.91 Å². The fourth-order valence-electron chi connectivity index (χ4n) is 1.08. The number of benzene rings is 1. The third-order valence-corrected chi connectivity index (χ3v) is 2.10. The quantitative estimate of drug-likeness (QED) is 0.612. The van der Waals surface area contributed by atoms with Gasteiger partial charge in [0.1, 0.15) is 0 Å². The van der Waals surface area contributed by atoms with Crippen LogP contribution in [0.15, 0.2) is 17.1 Å². The monoisotopic (exact) mass is 199 g/mol. The summed E-state index contributed by atoms with van der Waals surface area (Å²) in [5.41, 5.74) is 0. The molecule has 0 atom stereocenters. The molecule has 2 nitrogen and oxygen atoms in total. The van der Waals surface area contributed by atoms with Gasteiger partial charge < -0.3 is 0 Å². The number of rotatable bonds is 0. The molecule has 12 heavy (non-hydrogen) atoms. The van der Waals surface area contributed by atoms with Gasteiger partial charge in [0.15, 0.2) is 0 Å². The average molecular weight is 200 g/mol. The molecule has 0 N–H and O–H groups in total. The van der Waals surface area contributed by atoms with Crippen molar-refractivity contribution >= 4 is 35.2 Å². The fourth-order valence-corrected chi connectivity index (χ4v) is 1.62. The lowest BCUT2D eigenvalue weighted by Crippen LogP contribution is -2.22. The van der Waals surface area contributed by atoms with E-state index >= 15 is 0 Å². The summed E-state index contributed by atoms with van der Waals surface area (Å²) in [7, 11) is 0. The van der Waals surface area contributed by atoms with E-state index in [0.29, 0.717) is 20.6 Å². The third kappa shape index (κ3) is 1.13. The van der Waals surface area contributed by atoms with E-state index in [9.17, 15) is 4.79 Å². The summed E-state index contributed by atoms with van der Waals surface area (Å²) in [6, 6.07) is 3.21. The second-order valence-electron chi connectivity index (χ2n) is 2.41. The number of hydrogen-bond acceptors (Lipinski definition) is 1. The Hall–Kier alpha value is -0.860. The van der Waals surface area contributed by atoms with Gasteiger partial charge in [-0.2, -0.15) is 0 Å². The summed E-state index contributed by atoms with van der Waals surface area (Å²) in [5.74, 6) is -0.283. The first kappa shape index (κ1) is 7.77. The highest BCUT2D eigenvalue weighted by molar-refractivity contribution is 6.35. The number of halogens is 2. The van der Waals surface area contributed by atoms with E-state index in [1.165, 1.54) is 6.08 Å². The van der Waals surface area contributed by atoms with Crippen LogP contribution in [0, 0.1) is 0 Å². The van der Waals surface area contributed by atoms with Crippen molar-refractivity contribution < 1.29 is 4.79 Å². The molecule has 0 saturated heterocycles. The van der Waals surface area contributed by atoms with Gasteiger partial charge in [-0.15, -0.1) is 0 Å². The average Bonchev–Trinajstić information content (AvgIpc) is 2.29. The Balaban J connectivity index is 2.95. The van der Waals surface area contributed by atoms with Gasteiger partial charge in [-0.3, -0.25) is 4.79 Å². The molecule has 1 heterocycles. The Labute approximate surface area is 78.1 Å². The lowest BCUT2D eigenvalue weighted by Gasteiger charge is -1.90. The van der Waals surface area contributed by atoms with Crippen molar-refractivity contribution in [3.63, 3.8) is 0 Å². The molecular weight excluding hydrogens is 197 g/mol. The van der Waals surface area contributed by atoms with Crippen molar-refractivity contribution in [2.24, 2.45) is 4.99 Å². The standard InChI is InChI=1S/C8H3Cl2NO/c9-4-1-6(10)5-3-8(12)11-7(5)2-4/h1-3H. The van der Waals surface area contributed by atoms with Crippen LogP contribution in [0.5, 0.6) is 0 Å². The zero-order valence-corrected chi connectivity index (χ0v) is 7.36. The van der Waals surface area contributed by atoms with Crippen molar-refractivity contribution in [3.8, 4) is 0 Å². The maximum atomic E-state index is 10.8. The van der Waals surface area contributed by atoms with Crippen molar-refractivity contribution in [1.82, 2.24) is 0 Å². The van der Waals surface area contributed by atoms with Crippen LogP contribution in [-0.2, 0) is 4.79 Å². The van der Waals surface area contributed by atoms with Crippen LogP contribution in [0.25, 0.3) is 6.08 Å². The van der Waals surface area contributed by atoms with Crippen LogP contribution in [0.2, 0.25) is 10.0 Å². The van der Waals surface area contributed by atoms with Crippen LogP contribution in [0.1, 0.15) is 0 Å². The summed E-state index contributed by atoms with van der Waals surface area (Å²) in [5, 5.41) is 2.17. The van der Waals surface area contributed by atoms with E-state index in [-0.39, 0.29) is 5.91 Å². The SMILES string of the molecule is O=C1C=c2c(Cl)cc(Cl)cc2=N1. The summed E-state index contributed by atoms with van der Waals surface area (Å²) < 4.78 is 0. The first-order chi connectivity index (χ1) is 5.66. The highest BCUT2D eigenvalue weighted by Crippen LogP contribution is 2.09. The minimum Gasteiger partial charge on any atom is -0.267 e. The van der Waals surface area contributed by atoms with Gasteiger partial charge in [-0.1, -0.05) is 23.2 Å². The van der Waals surface area contributed by atoms with E-state index in [0.717, 1.165) is 0 Å². The van der Waals surface area contributed by atoms with Crippen LogP contribution >= 0.6 is 23.2 Å². The molecule has 1 amide bonds. The Kier molecular flexibility index (Phi) is 1.67. The predicted molar refractivity (Wildman–Crippen MR) is 46.7 cm³/mol. The van der Waals surface area contributed by atoms with Crippen LogP contribution in [0.3, 0.4) is 0 Å². The van der Waals surface area contributed by atoms with E-state index in [1.807, 2.05) is 0 Å². The first-order valence-electron chi connectivity index (χ1n) is 3.26. The predicted octanol–water partition coefficient (Wildman–Crippen LogP) is 0.934. The number of carbonyl (C=O) groups excluding carboxylic acids is 1. The molecule has 0 aliphatic carbocycles. The zero-order valence-electron chi connectivity index (χ0n) is 5.84. The van der Waals surface area contributed by atoms with Gasteiger partial charge in [0, 0.05) is 16.3 Å². The highest BCUT2D eigenvalue weighted by Gasteiger charge is 2.06. The lowest BCUT2D eigenvalue weighted by atomic mass is 10.3. The second-order valence-corrected chi connectivity index (χ2v) is 3.26. The Bertz CT molecular complexity index is 479. The Morgan fingerprint density at radius 2 is 2.00 bits per heavy atom. The molecule has 60 valence electrons. The molecule has 1 aromatic carbocycles. The van der Waals surface area contributed by atoms with E-state index in [2.05, 4.69) is 4.99 Å². The minimum absolute atomic E-state index is 0.283. The second kappa shape index (κ2) is 2.57. The molecule has 0 fully saturated rings. The van der Waals surface area contributed by atoms with Crippen molar-refractivity contribution in [3.05, 3.63) is 32.8 Å².